The molecule has 0 bridgehead atoms. The molecule has 0 saturated carbocycles. The molecule has 0 aromatic carbocycles. The van der Waals surface area contributed by atoms with Crippen LogP contribution in [0.3, 0.4) is 0 Å². The average molecular weight is 217 g/mol. The molecule has 90 valence electrons. The molecule has 2 N–H and O–H groups in total. The maximum absolute atomic E-state index is 9.33. The smallest absolute Gasteiger partial charge is 0.0932 e. The molecule has 4 heteroatoms. The van der Waals surface area contributed by atoms with Gasteiger partial charge in [0, 0.05) is 31.7 Å². The fourth-order valence-electron chi connectivity index (χ4n) is 1.85. The first-order valence-electron chi connectivity index (χ1n) is 5.69. The van der Waals surface area contributed by atoms with E-state index in [4.69, 9.17) is 9.84 Å². The minimum absolute atomic E-state index is 0.0304. The van der Waals surface area contributed by atoms with E-state index in [1.807, 2.05) is 0 Å². The summed E-state index contributed by atoms with van der Waals surface area (Å²) in [5.74, 6) is 0. The van der Waals surface area contributed by atoms with Crippen LogP contribution in [0.2, 0.25) is 0 Å². The van der Waals surface area contributed by atoms with E-state index in [1.165, 1.54) is 0 Å². The van der Waals surface area contributed by atoms with Crippen LogP contribution in [0.1, 0.15) is 20.3 Å². The van der Waals surface area contributed by atoms with Gasteiger partial charge >= 0.3 is 0 Å². The maximum atomic E-state index is 9.33. The molecule has 0 aliphatic carbocycles. The van der Waals surface area contributed by atoms with Crippen molar-refractivity contribution in [1.82, 2.24) is 4.90 Å². The molecule has 0 amide bonds. The van der Waals surface area contributed by atoms with Crippen LogP contribution in [-0.2, 0) is 4.74 Å². The van der Waals surface area contributed by atoms with Gasteiger partial charge in [-0.1, -0.05) is 13.8 Å². The van der Waals surface area contributed by atoms with Crippen molar-refractivity contribution < 1.29 is 14.9 Å². The number of rotatable bonds is 5. The fraction of sp³-hybridized carbons (Fsp3) is 1.00. The minimum atomic E-state index is -0.0569. The SMILES string of the molecule is CCC(C)(CO)CN1CCOC(CO)C1. The van der Waals surface area contributed by atoms with E-state index in [9.17, 15) is 5.11 Å². The molecule has 1 aliphatic heterocycles. The molecule has 2 atom stereocenters. The lowest BCUT2D eigenvalue weighted by Crippen LogP contribution is -2.48. The van der Waals surface area contributed by atoms with Crippen molar-refractivity contribution >= 4 is 0 Å². The molecule has 0 spiro atoms. The Morgan fingerprint density at radius 1 is 1.47 bits per heavy atom. The van der Waals surface area contributed by atoms with Crippen LogP contribution in [0.4, 0.5) is 0 Å². The van der Waals surface area contributed by atoms with E-state index >= 15 is 0 Å². The van der Waals surface area contributed by atoms with Crippen LogP contribution in [0.25, 0.3) is 0 Å². The molecular formula is C11H23NO3. The van der Waals surface area contributed by atoms with E-state index in [2.05, 4.69) is 18.7 Å². The predicted molar refractivity (Wildman–Crippen MR) is 58.7 cm³/mol. The van der Waals surface area contributed by atoms with Crippen molar-refractivity contribution in [3.63, 3.8) is 0 Å². The Hall–Kier alpha value is -0.160. The summed E-state index contributed by atoms with van der Waals surface area (Å²) in [7, 11) is 0. The third-order valence-corrected chi connectivity index (χ3v) is 3.27. The van der Waals surface area contributed by atoms with Gasteiger partial charge in [-0.2, -0.15) is 0 Å². The topological polar surface area (TPSA) is 52.9 Å². The lowest BCUT2D eigenvalue weighted by Gasteiger charge is -2.38. The van der Waals surface area contributed by atoms with Crippen molar-refractivity contribution in [3.8, 4) is 0 Å². The Kier molecular flexibility index (Phi) is 4.99. The van der Waals surface area contributed by atoms with Gasteiger partial charge in [0.15, 0.2) is 0 Å². The summed E-state index contributed by atoms with van der Waals surface area (Å²) in [4.78, 5) is 2.27. The third kappa shape index (κ3) is 3.72. The maximum Gasteiger partial charge on any atom is 0.0932 e. The van der Waals surface area contributed by atoms with Gasteiger partial charge in [0.25, 0.3) is 0 Å². The highest BCUT2D eigenvalue weighted by Crippen LogP contribution is 2.22. The van der Waals surface area contributed by atoms with Gasteiger partial charge in [-0.3, -0.25) is 4.90 Å². The first-order valence-corrected chi connectivity index (χ1v) is 5.69. The van der Waals surface area contributed by atoms with Crippen molar-refractivity contribution in [3.05, 3.63) is 0 Å². The van der Waals surface area contributed by atoms with Gasteiger partial charge in [0.2, 0.25) is 0 Å². The normalized spacial score (nSPS) is 27.6. The number of morpholine rings is 1. The number of aliphatic hydroxyl groups excluding tert-OH is 2. The fourth-order valence-corrected chi connectivity index (χ4v) is 1.85. The number of aliphatic hydroxyl groups is 2. The molecule has 15 heavy (non-hydrogen) atoms. The highest BCUT2D eigenvalue weighted by atomic mass is 16.5. The van der Waals surface area contributed by atoms with Crippen LogP contribution in [0.5, 0.6) is 0 Å². The third-order valence-electron chi connectivity index (χ3n) is 3.27. The van der Waals surface area contributed by atoms with Crippen LogP contribution < -0.4 is 0 Å². The molecule has 4 nitrogen and oxygen atoms in total. The molecule has 0 aromatic heterocycles. The van der Waals surface area contributed by atoms with Gasteiger partial charge in [0.05, 0.1) is 19.3 Å². The largest absolute Gasteiger partial charge is 0.396 e. The van der Waals surface area contributed by atoms with E-state index in [-0.39, 0.29) is 24.7 Å². The van der Waals surface area contributed by atoms with Crippen LogP contribution >= 0.6 is 0 Å². The predicted octanol–water partition coefficient (Wildman–Crippen LogP) is 0.0881. The number of nitrogens with zero attached hydrogens (tertiary/aromatic N) is 1. The molecule has 1 aliphatic rings. The van der Waals surface area contributed by atoms with Gasteiger partial charge in [-0.05, 0) is 6.42 Å². The summed E-state index contributed by atoms with van der Waals surface area (Å²) in [5.41, 5.74) is -0.0304. The number of hydrogen-bond donors (Lipinski definition) is 2. The quantitative estimate of drug-likeness (QED) is 0.685. The zero-order valence-electron chi connectivity index (χ0n) is 9.78. The van der Waals surface area contributed by atoms with Crippen molar-refractivity contribution in [2.75, 3.05) is 39.5 Å². The molecule has 1 heterocycles. The first-order chi connectivity index (χ1) is 7.13. The van der Waals surface area contributed by atoms with Crippen molar-refractivity contribution in [2.45, 2.75) is 26.4 Å². The van der Waals surface area contributed by atoms with Gasteiger partial charge in [0.1, 0.15) is 0 Å². The van der Waals surface area contributed by atoms with Crippen LogP contribution in [0, 0.1) is 5.41 Å². The Bertz CT molecular complexity index is 183. The summed E-state index contributed by atoms with van der Waals surface area (Å²) >= 11 is 0. The molecule has 1 rings (SSSR count). The van der Waals surface area contributed by atoms with E-state index in [0.717, 1.165) is 26.1 Å². The Labute approximate surface area is 91.8 Å². The standard InChI is InChI=1S/C11H23NO3/c1-3-11(2,9-14)8-12-4-5-15-10(6-12)7-13/h10,13-14H,3-9H2,1-2H3. The molecule has 0 aromatic rings. The van der Waals surface area contributed by atoms with Gasteiger partial charge < -0.3 is 14.9 Å². The zero-order valence-corrected chi connectivity index (χ0v) is 9.78. The van der Waals surface area contributed by atoms with Crippen molar-refractivity contribution in [2.24, 2.45) is 5.41 Å². The first kappa shape index (κ1) is 12.9. The summed E-state index contributed by atoms with van der Waals surface area (Å²) in [6.45, 7) is 7.70. The Morgan fingerprint density at radius 3 is 2.73 bits per heavy atom. The van der Waals surface area contributed by atoms with Crippen molar-refractivity contribution in [1.29, 1.82) is 0 Å². The highest BCUT2D eigenvalue weighted by Gasteiger charge is 2.28. The average Bonchev–Trinajstić information content (AvgIpc) is 2.29. The summed E-state index contributed by atoms with van der Waals surface area (Å²) in [6, 6.07) is 0. The second kappa shape index (κ2) is 5.80. The van der Waals surface area contributed by atoms with Crippen LogP contribution in [0.15, 0.2) is 0 Å². The zero-order chi connectivity index (χ0) is 11.3. The van der Waals surface area contributed by atoms with Gasteiger partial charge in [-0.25, -0.2) is 0 Å². The summed E-state index contributed by atoms with van der Waals surface area (Å²) in [5, 5.41) is 18.4. The summed E-state index contributed by atoms with van der Waals surface area (Å²) in [6.07, 6.45) is 0.906. The number of ether oxygens (including phenoxy) is 1. The molecular weight excluding hydrogens is 194 g/mol. The second-order valence-electron chi connectivity index (χ2n) is 4.73. The van der Waals surface area contributed by atoms with E-state index in [1.54, 1.807) is 0 Å². The molecule has 0 radical (unpaired) electrons. The minimum Gasteiger partial charge on any atom is -0.396 e. The summed E-state index contributed by atoms with van der Waals surface area (Å²) < 4.78 is 5.38. The number of hydrogen-bond acceptors (Lipinski definition) is 4. The Balaban J connectivity index is 2.43. The van der Waals surface area contributed by atoms with Crippen LogP contribution in [-0.4, -0.2) is 60.7 Å². The lowest BCUT2D eigenvalue weighted by atomic mass is 9.88. The monoisotopic (exact) mass is 217 g/mol. The van der Waals surface area contributed by atoms with E-state index < -0.39 is 0 Å². The molecule has 2 unspecified atom stereocenters. The van der Waals surface area contributed by atoms with E-state index in [0.29, 0.717) is 6.61 Å². The molecule has 1 fully saturated rings. The van der Waals surface area contributed by atoms with Gasteiger partial charge in [-0.15, -0.1) is 0 Å². The Morgan fingerprint density at radius 2 is 2.20 bits per heavy atom. The second-order valence-corrected chi connectivity index (χ2v) is 4.73. The lowest BCUT2D eigenvalue weighted by molar-refractivity contribution is -0.0655. The highest BCUT2D eigenvalue weighted by molar-refractivity contribution is 4.80. The molecule has 1 saturated heterocycles.